The van der Waals surface area contributed by atoms with Crippen LogP contribution >= 0.6 is 7.82 Å². The zero-order valence-corrected chi connectivity index (χ0v) is 20.6. The number of carbonyl (C=O) groups excluding carboxylic acids is 2. The highest BCUT2D eigenvalue weighted by molar-refractivity contribution is 7.47. The molecular formula is C21H40NO10P. The lowest BCUT2D eigenvalue weighted by Crippen LogP contribution is -2.43. The molecule has 0 radical (unpaired) electrons. The van der Waals surface area contributed by atoms with Crippen molar-refractivity contribution < 1.29 is 47.8 Å². The van der Waals surface area contributed by atoms with E-state index < -0.39 is 57.6 Å². The van der Waals surface area contributed by atoms with Crippen LogP contribution in [0.15, 0.2) is 0 Å². The van der Waals surface area contributed by atoms with Gasteiger partial charge in [0.05, 0.1) is 13.2 Å². The van der Waals surface area contributed by atoms with E-state index in [2.05, 4.69) is 21.3 Å². The molecule has 1 amide bonds. The first-order valence-corrected chi connectivity index (χ1v) is 13.1. The van der Waals surface area contributed by atoms with Crippen LogP contribution in [0.3, 0.4) is 0 Å². The normalized spacial score (nSPS) is 14.8. The van der Waals surface area contributed by atoms with E-state index in [1.807, 2.05) is 0 Å². The van der Waals surface area contributed by atoms with E-state index in [9.17, 15) is 34.1 Å². The molecule has 0 heterocycles. The topological polar surface area (TPSA) is 169 Å². The van der Waals surface area contributed by atoms with Crippen LogP contribution < -0.4 is 5.32 Å². The summed E-state index contributed by atoms with van der Waals surface area (Å²) in [7, 11) is -4.70. The molecule has 12 heteroatoms. The number of esters is 1. The standard InChI is InChI=1S/C21H40NO10P/c1-3-5-6-7-8-9-10-11-13-19(24)22-18(21(26)27)16-32-33(28,29)31-15-17(23)14-30-20(25)12-4-2/h17-18,23H,3-16H2,1-2H3,(H,22,24)(H,26,27)(H,28,29). The molecule has 0 aromatic heterocycles. The fourth-order valence-corrected chi connectivity index (χ4v) is 3.53. The molecule has 194 valence electrons. The van der Waals surface area contributed by atoms with Crippen LogP contribution in [0.4, 0.5) is 0 Å². The van der Waals surface area contributed by atoms with E-state index in [1.165, 1.54) is 25.7 Å². The van der Waals surface area contributed by atoms with Gasteiger partial charge in [-0.3, -0.25) is 18.6 Å². The molecule has 33 heavy (non-hydrogen) atoms. The highest BCUT2D eigenvalue weighted by Gasteiger charge is 2.28. The van der Waals surface area contributed by atoms with E-state index in [0.29, 0.717) is 12.8 Å². The zero-order valence-electron chi connectivity index (χ0n) is 19.7. The van der Waals surface area contributed by atoms with Crippen molar-refractivity contribution in [2.24, 2.45) is 0 Å². The van der Waals surface area contributed by atoms with Gasteiger partial charge in [0.15, 0.2) is 6.04 Å². The Morgan fingerprint density at radius 2 is 1.42 bits per heavy atom. The summed E-state index contributed by atoms with van der Waals surface area (Å²) in [4.78, 5) is 44.2. The van der Waals surface area contributed by atoms with Gasteiger partial charge in [0.25, 0.3) is 0 Å². The number of unbranched alkanes of at least 4 members (excludes halogenated alkanes) is 7. The van der Waals surface area contributed by atoms with Crippen molar-refractivity contribution in [3.8, 4) is 0 Å². The number of phosphoric ester groups is 1. The monoisotopic (exact) mass is 497 g/mol. The maximum atomic E-state index is 12.0. The third kappa shape index (κ3) is 18.6. The van der Waals surface area contributed by atoms with Crippen LogP contribution in [0.25, 0.3) is 0 Å². The minimum absolute atomic E-state index is 0.148. The first-order chi connectivity index (χ1) is 15.6. The van der Waals surface area contributed by atoms with E-state index in [4.69, 9.17) is 4.74 Å². The number of rotatable bonds is 21. The van der Waals surface area contributed by atoms with Crippen LogP contribution in [-0.2, 0) is 32.7 Å². The molecule has 0 fully saturated rings. The Bertz CT molecular complexity index is 616. The van der Waals surface area contributed by atoms with Gasteiger partial charge in [-0.05, 0) is 12.8 Å². The van der Waals surface area contributed by atoms with Gasteiger partial charge in [-0.1, -0.05) is 58.8 Å². The Morgan fingerprint density at radius 3 is 2.00 bits per heavy atom. The molecule has 0 aromatic carbocycles. The van der Waals surface area contributed by atoms with E-state index in [1.54, 1.807) is 6.92 Å². The number of hydrogen-bond donors (Lipinski definition) is 4. The summed E-state index contributed by atoms with van der Waals surface area (Å²) in [5, 5.41) is 21.1. The van der Waals surface area contributed by atoms with Gasteiger partial charge in [-0.25, -0.2) is 9.36 Å². The Kier molecular flexibility index (Phi) is 18.0. The number of carboxylic acids is 1. The number of ether oxygens (including phenoxy) is 1. The maximum Gasteiger partial charge on any atom is 0.472 e. The van der Waals surface area contributed by atoms with Gasteiger partial charge < -0.3 is 25.2 Å². The lowest BCUT2D eigenvalue weighted by atomic mass is 10.1. The molecule has 3 atom stereocenters. The lowest BCUT2D eigenvalue weighted by Gasteiger charge is -2.18. The summed E-state index contributed by atoms with van der Waals surface area (Å²) in [6.07, 6.45) is 7.93. The molecule has 0 rings (SSSR count). The number of carbonyl (C=O) groups is 3. The van der Waals surface area contributed by atoms with Crippen molar-refractivity contribution in [1.29, 1.82) is 0 Å². The second-order valence-corrected chi connectivity index (χ2v) is 9.28. The first-order valence-electron chi connectivity index (χ1n) is 11.6. The second kappa shape index (κ2) is 18.9. The smallest absolute Gasteiger partial charge is 0.472 e. The zero-order chi connectivity index (χ0) is 25.1. The molecule has 0 spiro atoms. The SMILES string of the molecule is CCCCCCCCCCC(=O)NC(COP(=O)(O)OCC(O)COC(=O)CCC)C(=O)O. The molecule has 0 aromatic rings. The molecular weight excluding hydrogens is 457 g/mol. The molecule has 0 aliphatic carbocycles. The fraction of sp³-hybridized carbons (Fsp3) is 0.857. The van der Waals surface area contributed by atoms with Crippen molar-refractivity contribution in [2.75, 3.05) is 19.8 Å². The van der Waals surface area contributed by atoms with Crippen LogP contribution in [-0.4, -0.2) is 64.9 Å². The minimum atomic E-state index is -4.70. The van der Waals surface area contributed by atoms with Crippen molar-refractivity contribution in [2.45, 2.75) is 96.6 Å². The fourth-order valence-electron chi connectivity index (χ4n) is 2.76. The van der Waals surface area contributed by atoms with Gasteiger partial charge in [-0.2, -0.15) is 0 Å². The van der Waals surface area contributed by atoms with Gasteiger partial charge >= 0.3 is 19.8 Å². The highest BCUT2D eigenvalue weighted by atomic mass is 31.2. The van der Waals surface area contributed by atoms with Crippen LogP contribution in [0, 0.1) is 0 Å². The summed E-state index contributed by atoms with van der Waals surface area (Å²) in [5.41, 5.74) is 0. The van der Waals surface area contributed by atoms with Crippen LogP contribution in [0.2, 0.25) is 0 Å². The van der Waals surface area contributed by atoms with E-state index >= 15 is 0 Å². The van der Waals surface area contributed by atoms with Crippen molar-refractivity contribution >= 4 is 25.7 Å². The quantitative estimate of drug-likeness (QED) is 0.105. The van der Waals surface area contributed by atoms with Gasteiger partial charge in [0, 0.05) is 12.8 Å². The third-order valence-electron chi connectivity index (χ3n) is 4.62. The number of aliphatic carboxylic acids is 1. The summed E-state index contributed by atoms with van der Waals surface area (Å²) < 4.78 is 25.9. The average molecular weight is 498 g/mol. The number of hydrogen-bond acceptors (Lipinski definition) is 8. The van der Waals surface area contributed by atoms with Crippen LogP contribution in [0.5, 0.6) is 0 Å². The Balaban J connectivity index is 4.20. The number of aliphatic hydroxyl groups excluding tert-OH is 1. The predicted octanol–water partition coefficient (Wildman–Crippen LogP) is 2.92. The van der Waals surface area contributed by atoms with Crippen LogP contribution in [0.1, 0.15) is 84.5 Å². The number of phosphoric acid groups is 1. The number of aliphatic hydroxyl groups is 1. The highest BCUT2D eigenvalue weighted by Crippen LogP contribution is 2.43. The Labute approximate surface area is 195 Å². The maximum absolute atomic E-state index is 12.0. The predicted molar refractivity (Wildman–Crippen MR) is 120 cm³/mol. The minimum Gasteiger partial charge on any atom is -0.480 e. The summed E-state index contributed by atoms with van der Waals surface area (Å²) in [6.45, 7) is 2.04. The van der Waals surface area contributed by atoms with E-state index in [-0.39, 0.29) is 12.8 Å². The molecule has 0 bridgehead atoms. The molecule has 0 aliphatic rings. The summed E-state index contributed by atoms with van der Waals surface area (Å²) >= 11 is 0. The molecule has 0 saturated heterocycles. The molecule has 0 saturated carbocycles. The largest absolute Gasteiger partial charge is 0.480 e. The van der Waals surface area contributed by atoms with Crippen molar-refractivity contribution in [1.82, 2.24) is 5.32 Å². The van der Waals surface area contributed by atoms with Gasteiger partial charge in [-0.15, -0.1) is 0 Å². The van der Waals surface area contributed by atoms with Gasteiger partial charge in [0.1, 0.15) is 12.7 Å². The van der Waals surface area contributed by atoms with Crippen molar-refractivity contribution in [3.05, 3.63) is 0 Å². The number of carboxylic acid groups (broad SMARTS) is 1. The summed E-state index contributed by atoms with van der Waals surface area (Å²) in [5.74, 6) is -2.44. The lowest BCUT2D eigenvalue weighted by molar-refractivity contribution is -0.147. The van der Waals surface area contributed by atoms with Gasteiger partial charge in [0.2, 0.25) is 5.91 Å². The number of nitrogens with one attached hydrogen (secondary N) is 1. The average Bonchev–Trinajstić information content (AvgIpc) is 2.75. The first kappa shape index (κ1) is 31.5. The molecule has 0 aliphatic heterocycles. The second-order valence-electron chi connectivity index (χ2n) is 7.83. The van der Waals surface area contributed by atoms with Crippen molar-refractivity contribution in [3.63, 3.8) is 0 Å². The number of amides is 1. The molecule has 3 unspecified atom stereocenters. The van der Waals surface area contributed by atoms with E-state index in [0.717, 1.165) is 19.3 Å². The molecule has 4 N–H and O–H groups in total. The summed E-state index contributed by atoms with van der Waals surface area (Å²) in [6, 6.07) is -1.53. The third-order valence-corrected chi connectivity index (χ3v) is 5.57. The molecule has 11 nitrogen and oxygen atoms in total. The Hall–Kier alpha value is -1.52. The Morgan fingerprint density at radius 1 is 0.848 bits per heavy atom.